The summed E-state index contributed by atoms with van der Waals surface area (Å²) >= 11 is 0. The van der Waals surface area contributed by atoms with Crippen molar-refractivity contribution in [2.45, 2.75) is 25.8 Å². The number of carbonyl (C=O) groups excluding carboxylic acids is 1. The highest BCUT2D eigenvalue weighted by molar-refractivity contribution is 7.88. The summed E-state index contributed by atoms with van der Waals surface area (Å²) in [6.45, 7) is 2.76. The number of methoxy groups -OCH3 is 1. The maximum atomic E-state index is 13.4. The molecule has 0 bridgehead atoms. The average molecular weight is 469 g/mol. The van der Waals surface area contributed by atoms with Gasteiger partial charge in [-0.2, -0.15) is 5.10 Å². The number of piperidine rings is 1. The van der Waals surface area contributed by atoms with Crippen molar-refractivity contribution in [1.82, 2.24) is 19.4 Å². The molecule has 3 aromatic rings. The van der Waals surface area contributed by atoms with Gasteiger partial charge in [0.1, 0.15) is 11.4 Å². The minimum absolute atomic E-state index is 0.262. The van der Waals surface area contributed by atoms with Crippen molar-refractivity contribution in [2.24, 2.45) is 0 Å². The van der Waals surface area contributed by atoms with Gasteiger partial charge in [0.05, 0.1) is 24.6 Å². The molecular formula is C24H28N4O4S. The molecule has 1 saturated heterocycles. The fraction of sp³-hybridized carbons (Fsp3) is 0.333. The Bertz CT molecular complexity index is 1250. The van der Waals surface area contributed by atoms with E-state index < -0.39 is 10.0 Å². The van der Waals surface area contributed by atoms with Crippen LogP contribution in [0.4, 0.5) is 0 Å². The topological polar surface area (TPSA) is 93.5 Å². The zero-order valence-electron chi connectivity index (χ0n) is 19.0. The van der Waals surface area contributed by atoms with Crippen molar-refractivity contribution < 1.29 is 17.9 Å². The van der Waals surface area contributed by atoms with Crippen molar-refractivity contribution in [3.05, 3.63) is 65.9 Å². The minimum Gasteiger partial charge on any atom is -0.497 e. The SMILES string of the molecule is COc1cccc(-c2nn(-c3ccc(C)cc3)cc2C(=O)NC2CCCN(S(C)(=O)=O)C2)c1. The Morgan fingerprint density at radius 1 is 1.18 bits per heavy atom. The molecule has 1 N–H and O–H groups in total. The monoisotopic (exact) mass is 468 g/mol. The van der Waals surface area contributed by atoms with Gasteiger partial charge in [-0.3, -0.25) is 4.79 Å². The number of amides is 1. The lowest BCUT2D eigenvalue weighted by atomic mass is 10.0. The van der Waals surface area contributed by atoms with Crippen LogP contribution in [-0.4, -0.2) is 60.9 Å². The summed E-state index contributed by atoms with van der Waals surface area (Å²) in [4.78, 5) is 13.4. The van der Waals surface area contributed by atoms with Gasteiger partial charge in [0.15, 0.2) is 0 Å². The molecule has 1 aliphatic heterocycles. The molecule has 174 valence electrons. The number of aromatic nitrogens is 2. The highest BCUT2D eigenvalue weighted by Crippen LogP contribution is 2.27. The van der Waals surface area contributed by atoms with Gasteiger partial charge < -0.3 is 10.1 Å². The van der Waals surface area contributed by atoms with Crippen molar-refractivity contribution in [1.29, 1.82) is 0 Å². The number of hydrogen-bond donors (Lipinski definition) is 1. The summed E-state index contributed by atoms with van der Waals surface area (Å²) in [5.41, 5.74) is 3.67. The molecule has 1 aromatic heterocycles. The second kappa shape index (κ2) is 9.36. The van der Waals surface area contributed by atoms with Crippen LogP contribution >= 0.6 is 0 Å². The van der Waals surface area contributed by atoms with Crippen LogP contribution in [0, 0.1) is 6.92 Å². The van der Waals surface area contributed by atoms with Crippen LogP contribution in [0.25, 0.3) is 16.9 Å². The van der Waals surface area contributed by atoms with Crippen molar-refractivity contribution in [3.63, 3.8) is 0 Å². The number of ether oxygens (including phenoxy) is 1. The van der Waals surface area contributed by atoms with Gasteiger partial charge in [-0.15, -0.1) is 0 Å². The second-order valence-electron chi connectivity index (χ2n) is 8.34. The number of aryl methyl sites for hydroxylation is 1. The van der Waals surface area contributed by atoms with E-state index in [0.29, 0.717) is 30.0 Å². The summed E-state index contributed by atoms with van der Waals surface area (Å²) in [6.07, 6.45) is 4.33. The maximum absolute atomic E-state index is 13.4. The smallest absolute Gasteiger partial charge is 0.255 e. The number of benzene rings is 2. The molecule has 2 aromatic carbocycles. The number of hydrogen-bond acceptors (Lipinski definition) is 5. The van der Waals surface area contributed by atoms with Crippen LogP contribution in [0.15, 0.2) is 54.7 Å². The number of rotatable bonds is 6. The first-order valence-corrected chi connectivity index (χ1v) is 12.7. The molecule has 0 aliphatic carbocycles. The molecular weight excluding hydrogens is 440 g/mol. The Morgan fingerprint density at radius 2 is 1.94 bits per heavy atom. The summed E-state index contributed by atoms with van der Waals surface area (Å²) in [5.74, 6) is 0.381. The average Bonchev–Trinajstić information content (AvgIpc) is 3.25. The van der Waals surface area contributed by atoms with E-state index >= 15 is 0 Å². The predicted octanol–water partition coefficient (Wildman–Crippen LogP) is 3.01. The zero-order valence-corrected chi connectivity index (χ0v) is 19.8. The lowest BCUT2D eigenvalue weighted by Gasteiger charge is -2.31. The minimum atomic E-state index is -3.30. The van der Waals surface area contributed by atoms with Gasteiger partial charge in [-0.05, 0) is 44.0 Å². The van der Waals surface area contributed by atoms with Gasteiger partial charge in [0, 0.05) is 30.9 Å². The molecule has 1 aliphatic rings. The molecule has 1 fully saturated rings. The van der Waals surface area contributed by atoms with Crippen molar-refractivity contribution in [3.8, 4) is 22.7 Å². The molecule has 0 radical (unpaired) electrons. The fourth-order valence-corrected chi connectivity index (χ4v) is 4.89. The van der Waals surface area contributed by atoms with Crippen LogP contribution in [0.3, 0.4) is 0 Å². The van der Waals surface area contributed by atoms with E-state index in [9.17, 15) is 13.2 Å². The van der Waals surface area contributed by atoms with Gasteiger partial charge in [0.25, 0.3) is 5.91 Å². The normalized spacial score (nSPS) is 17.0. The number of nitrogens with one attached hydrogen (secondary N) is 1. The quantitative estimate of drug-likeness (QED) is 0.600. The van der Waals surface area contributed by atoms with E-state index in [0.717, 1.165) is 23.2 Å². The third-order valence-electron chi connectivity index (χ3n) is 5.79. The predicted molar refractivity (Wildman–Crippen MR) is 127 cm³/mol. The molecule has 1 unspecified atom stereocenters. The Labute approximate surface area is 194 Å². The highest BCUT2D eigenvalue weighted by atomic mass is 32.2. The third-order valence-corrected chi connectivity index (χ3v) is 7.06. The summed E-state index contributed by atoms with van der Waals surface area (Å²) in [5, 5.41) is 7.74. The summed E-state index contributed by atoms with van der Waals surface area (Å²) in [7, 11) is -1.71. The number of carbonyl (C=O) groups is 1. The summed E-state index contributed by atoms with van der Waals surface area (Å²) in [6, 6.07) is 15.0. The van der Waals surface area contributed by atoms with E-state index in [1.165, 1.54) is 10.6 Å². The zero-order chi connectivity index (χ0) is 23.6. The lowest BCUT2D eigenvalue weighted by molar-refractivity contribution is 0.0922. The van der Waals surface area contributed by atoms with Crippen LogP contribution in [0.1, 0.15) is 28.8 Å². The van der Waals surface area contributed by atoms with E-state index in [4.69, 9.17) is 9.84 Å². The highest BCUT2D eigenvalue weighted by Gasteiger charge is 2.28. The molecule has 1 atom stereocenters. The Balaban J connectivity index is 1.68. The standard InChI is InChI=1S/C24H28N4O4S/c1-17-9-11-20(12-10-17)28-16-22(23(26-28)18-6-4-8-21(14-18)32-2)24(29)25-19-7-5-13-27(15-19)33(3,30)31/h4,6,8-12,14,16,19H,5,7,13,15H2,1-3H3,(H,25,29). The number of sulfonamides is 1. The van der Waals surface area contributed by atoms with Gasteiger partial charge >= 0.3 is 0 Å². The molecule has 0 spiro atoms. The van der Waals surface area contributed by atoms with Gasteiger partial charge in [-0.1, -0.05) is 29.8 Å². The van der Waals surface area contributed by atoms with Crippen LogP contribution in [0.5, 0.6) is 5.75 Å². The van der Waals surface area contributed by atoms with E-state index in [2.05, 4.69) is 5.32 Å². The van der Waals surface area contributed by atoms with Crippen molar-refractivity contribution >= 4 is 15.9 Å². The first kappa shape index (κ1) is 23.0. The molecule has 9 heteroatoms. The first-order chi connectivity index (χ1) is 15.7. The summed E-state index contributed by atoms with van der Waals surface area (Å²) < 4.78 is 32.4. The van der Waals surface area contributed by atoms with E-state index in [-0.39, 0.29) is 18.5 Å². The maximum Gasteiger partial charge on any atom is 0.255 e. The fourth-order valence-electron chi connectivity index (χ4n) is 3.98. The van der Waals surface area contributed by atoms with E-state index in [1.807, 2.05) is 55.5 Å². The third kappa shape index (κ3) is 5.26. The molecule has 33 heavy (non-hydrogen) atoms. The van der Waals surface area contributed by atoms with E-state index in [1.54, 1.807) is 18.0 Å². The molecule has 0 saturated carbocycles. The molecule has 1 amide bonds. The largest absolute Gasteiger partial charge is 0.497 e. The molecule has 4 rings (SSSR count). The second-order valence-corrected chi connectivity index (χ2v) is 10.3. The lowest BCUT2D eigenvalue weighted by Crippen LogP contribution is -2.49. The van der Waals surface area contributed by atoms with Gasteiger partial charge in [-0.25, -0.2) is 17.4 Å². The van der Waals surface area contributed by atoms with Crippen LogP contribution in [0.2, 0.25) is 0 Å². The molecule has 8 nitrogen and oxygen atoms in total. The van der Waals surface area contributed by atoms with Crippen LogP contribution in [-0.2, 0) is 10.0 Å². The van der Waals surface area contributed by atoms with Gasteiger partial charge in [0.2, 0.25) is 10.0 Å². The van der Waals surface area contributed by atoms with Crippen LogP contribution < -0.4 is 10.1 Å². The number of nitrogens with zero attached hydrogens (tertiary/aromatic N) is 3. The first-order valence-electron chi connectivity index (χ1n) is 10.8. The molecule has 2 heterocycles. The van der Waals surface area contributed by atoms with Crippen molar-refractivity contribution in [2.75, 3.05) is 26.5 Å². The Kier molecular flexibility index (Phi) is 6.53. The Morgan fingerprint density at radius 3 is 2.64 bits per heavy atom. The Hall–Kier alpha value is -3.17.